The third kappa shape index (κ3) is 4.31. The molecule has 0 aliphatic heterocycles. The van der Waals surface area contributed by atoms with Gasteiger partial charge in [-0.3, -0.25) is 4.98 Å². The average molecular weight is 374 g/mol. The summed E-state index contributed by atoms with van der Waals surface area (Å²) in [5.41, 5.74) is 2.45. The molecule has 0 aliphatic rings. The Balaban J connectivity index is 1.84. The molecular formula is C21H23ClFN2O+. The Kier molecular flexibility index (Phi) is 5.72. The number of H-pyrrole nitrogens is 1. The van der Waals surface area contributed by atoms with Crippen molar-refractivity contribution >= 4 is 22.5 Å². The first-order chi connectivity index (χ1) is 12.4. The number of fused-ring (bicyclic) bond motifs is 1. The maximum atomic E-state index is 13.4. The topological polar surface area (TPSA) is 36.3 Å². The van der Waals surface area contributed by atoms with Gasteiger partial charge in [-0.05, 0) is 48.1 Å². The first-order valence-corrected chi connectivity index (χ1v) is 9.20. The highest BCUT2D eigenvalue weighted by atomic mass is 35.5. The summed E-state index contributed by atoms with van der Waals surface area (Å²) in [6.45, 7) is 7.19. The van der Waals surface area contributed by atoms with Crippen LogP contribution in [0.2, 0.25) is 5.02 Å². The summed E-state index contributed by atoms with van der Waals surface area (Å²) >= 11 is 6.41. The second-order valence-corrected chi connectivity index (χ2v) is 7.54. The van der Waals surface area contributed by atoms with Gasteiger partial charge >= 0.3 is 5.88 Å². The van der Waals surface area contributed by atoms with Gasteiger partial charge in [0.25, 0.3) is 0 Å². The van der Waals surface area contributed by atoms with E-state index in [0.717, 1.165) is 22.9 Å². The van der Waals surface area contributed by atoms with Crippen molar-refractivity contribution in [3.05, 3.63) is 53.6 Å². The maximum absolute atomic E-state index is 13.4. The van der Waals surface area contributed by atoms with Gasteiger partial charge < -0.3 is 4.74 Å². The van der Waals surface area contributed by atoms with Crippen LogP contribution < -0.4 is 9.72 Å². The highest BCUT2D eigenvalue weighted by Crippen LogP contribution is 2.30. The molecule has 2 heterocycles. The molecule has 0 aliphatic carbocycles. The highest BCUT2D eigenvalue weighted by Gasteiger charge is 2.16. The number of aromatic nitrogens is 2. The van der Waals surface area contributed by atoms with Gasteiger partial charge in [-0.1, -0.05) is 32.4 Å². The number of nitrogens with one attached hydrogen (secondary N) is 1. The largest absolute Gasteiger partial charge is 0.443 e. The van der Waals surface area contributed by atoms with Gasteiger partial charge in [-0.15, -0.1) is 0 Å². The molecule has 0 bridgehead atoms. The van der Waals surface area contributed by atoms with Crippen LogP contribution in [0.4, 0.5) is 4.39 Å². The minimum atomic E-state index is -0.300. The van der Waals surface area contributed by atoms with Crippen molar-refractivity contribution in [2.24, 2.45) is 11.8 Å². The molecule has 1 atom stereocenters. The molecule has 136 valence electrons. The second kappa shape index (κ2) is 8.00. The Bertz CT molecular complexity index is 914. The van der Waals surface area contributed by atoms with E-state index in [0.29, 0.717) is 34.9 Å². The lowest BCUT2D eigenvalue weighted by Gasteiger charge is -2.13. The molecule has 3 rings (SSSR count). The fourth-order valence-electron chi connectivity index (χ4n) is 3.19. The minimum Gasteiger partial charge on any atom is -0.443 e. The Labute approximate surface area is 158 Å². The summed E-state index contributed by atoms with van der Waals surface area (Å²) in [4.78, 5) is 7.37. The van der Waals surface area contributed by atoms with Gasteiger partial charge in [-0.25, -0.2) is 4.39 Å². The van der Waals surface area contributed by atoms with E-state index in [-0.39, 0.29) is 5.82 Å². The number of ether oxygens (including phenoxy) is 1. The number of benzene rings is 1. The predicted octanol–water partition coefficient (Wildman–Crippen LogP) is 5.57. The molecule has 0 saturated carbocycles. The zero-order valence-electron chi connectivity index (χ0n) is 15.2. The summed E-state index contributed by atoms with van der Waals surface area (Å²) in [6, 6.07) is 8.35. The molecule has 5 heteroatoms. The summed E-state index contributed by atoms with van der Waals surface area (Å²) in [5, 5.41) is 1.39. The van der Waals surface area contributed by atoms with E-state index in [1.807, 2.05) is 18.3 Å². The maximum Gasteiger partial charge on any atom is 0.385 e. The van der Waals surface area contributed by atoms with Crippen LogP contribution in [0.1, 0.15) is 27.2 Å². The third-order valence-electron chi connectivity index (χ3n) is 4.26. The lowest BCUT2D eigenvalue weighted by atomic mass is 10.00. The first kappa shape index (κ1) is 18.6. The van der Waals surface area contributed by atoms with E-state index < -0.39 is 0 Å². The zero-order chi connectivity index (χ0) is 18.7. The van der Waals surface area contributed by atoms with Crippen LogP contribution in [-0.2, 0) is 0 Å². The van der Waals surface area contributed by atoms with Gasteiger partial charge in [0.1, 0.15) is 5.82 Å². The SMILES string of the molecule is CC(C)C[C@@H](C)COc1[nH+]cc(-c2ccnc3cc(F)ccc23)cc1Cl. The molecule has 0 unspecified atom stereocenters. The standard InChI is InChI=1S/C21H22ClFN2O/c1-13(2)8-14(3)12-26-21-19(22)9-15(11-25-21)17-6-7-24-20-10-16(23)4-5-18(17)20/h4-7,9-11,13-14H,8,12H2,1-3H3/p+1/t14-/m1/s1. The van der Waals surface area contributed by atoms with Crippen LogP contribution in [0, 0.1) is 17.7 Å². The van der Waals surface area contributed by atoms with Crippen LogP contribution in [-0.4, -0.2) is 11.6 Å². The molecule has 0 saturated heterocycles. The van der Waals surface area contributed by atoms with Gasteiger partial charge in [-0.2, -0.15) is 4.98 Å². The predicted molar refractivity (Wildman–Crippen MR) is 103 cm³/mol. The molecule has 0 spiro atoms. The molecule has 2 aromatic heterocycles. The van der Waals surface area contributed by atoms with Crippen molar-refractivity contribution in [1.29, 1.82) is 0 Å². The van der Waals surface area contributed by atoms with Crippen molar-refractivity contribution in [3.8, 4) is 17.0 Å². The second-order valence-electron chi connectivity index (χ2n) is 7.13. The summed E-state index contributed by atoms with van der Waals surface area (Å²) < 4.78 is 19.3. The van der Waals surface area contributed by atoms with E-state index in [1.54, 1.807) is 12.3 Å². The van der Waals surface area contributed by atoms with Crippen molar-refractivity contribution in [2.45, 2.75) is 27.2 Å². The smallest absolute Gasteiger partial charge is 0.385 e. The van der Waals surface area contributed by atoms with Crippen LogP contribution >= 0.6 is 11.6 Å². The Morgan fingerprint density at radius 1 is 1.19 bits per heavy atom. The fraction of sp³-hybridized carbons (Fsp3) is 0.333. The van der Waals surface area contributed by atoms with Crippen LogP contribution in [0.15, 0.2) is 42.7 Å². The third-order valence-corrected chi connectivity index (χ3v) is 4.54. The van der Waals surface area contributed by atoms with Crippen molar-refractivity contribution in [3.63, 3.8) is 0 Å². The number of rotatable bonds is 6. The van der Waals surface area contributed by atoms with E-state index in [4.69, 9.17) is 16.3 Å². The molecule has 1 N–H and O–H groups in total. The molecule has 26 heavy (non-hydrogen) atoms. The molecule has 1 aromatic carbocycles. The van der Waals surface area contributed by atoms with Crippen LogP contribution in [0.3, 0.4) is 0 Å². The quantitative estimate of drug-likeness (QED) is 0.566. The lowest BCUT2D eigenvalue weighted by molar-refractivity contribution is -0.394. The van der Waals surface area contributed by atoms with Crippen LogP contribution in [0.25, 0.3) is 22.0 Å². The zero-order valence-corrected chi connectivity index (χ0v) is 16.0. The molecule has 3 nitrogen and oxygen atoms in total. The molecule has 3 aromatic rings. The van der Waals surface area contributed by atoms with Crippen molar-refractivity contribution in [2.75, 3.05) is 6.61 Å². The normalized spacial score (nSPS) is 12.5. The monoisotopic (exact) mass is 373 g/mol. The number of hydrogen-bond donors (Lipinski definition) is 0. The lowest BCUT2D eigenvalue weighted by Crippen LogP contribution is -2.16. The number of aromatic amines is 1. The molecule has 0 fully saturated rings. The van der Waals surface area contributed by atoms with Crippen LogP contribution in [0.5, 0.6) is 5.88 Å². The summed E-state index contributed by atoms with van der Waals surface area (Å²) in [7, 11) is 0. The van der Waals surface area contributed by atoms with E-state index in [9.17, 15) is 4.39 Å². The number of hydrogen-bond acceptors (Lipinski definition) is 2. The van der Waals surface area contributed by atoms with Gasteiger partial charge in [0, 0.05) is 23.2 Å². The Morgan fingerprint density at radius 2 is 2.00 bits per heavy atom. The molecule has 0 amide bonds. The average Bonchev–Trinajstić information content (AvgIpc) is 2.59. The Hall–Kier alpha value is -2.20. The van der Waals surface area contributed by atoms with Crippen molar-refractivity contribution < 1.29 is 14.1 Å². The highest BCUT2D eigenvalue weighted by molar-refractivity contribution is 6.32. The minimum absolute atomic E-state index is 0.300. The number of nitrogens with zero attached hydrogens (tertiary/aromatic N) is 1. The summed E-state index contributed by atoms with van der Waals surface area (Å²) in [5.74, 6) is 1.36. The summed E-state index contributed by atoms with van der Waals surface area (Å²) in [6.07, 6.45) is 4.63. The fourth-order valence-corrected chi connectivity index (χ4v) is 3.42. The van der Waals surface area contributed by atoms with E-state index >= 15 is 0 Å². The van der Waals surface area contributed by atoms with Gasteiger partial charge in [0.05, 0.1) is 12.1 Å². The van der Waals surface area contributed by atoms with E-state index in [2.05, 4.69) is 30.7 Å². The first-order valence-electron chi connectivity index (χ1n) is 8.82. The molecular weight excluding hydrogens is 351 g/mol. The van der Waals surface area contributed by atoms with Gasteiger partial charge in [0.15, 0.2) is 11.2 Å². The Morgan fingerprint density at radius 3 is 2.73 bits per heavy atom. The van der Waals surface area contributed by atoms with Gasteiger partial charge in [0.2, 0.25) is 0 Å². The molecule has 0 radical (unpaired) electrons. The number of halogens is 2. The number of pyridine rings is 2. The van der Waals surface area contributed by atoms with E-state index in [1.165, 1.54) is 12.1 Å². The van der Waals surface area contributed by atoms with Crippen molar-refractivity contribution in [1.82, 2.24) is 4.98 Å².